The molecule has 0 saturated carbocycles. The first-order chi connectivity index (χ1) is 14.4. The number of aromatic nitrogens is 1. The molecule has 0 aliphatic carbocycles. The molecule has 0 saturated heterocycles. The molecule has 0 aliphatic heterocycles. The van der Waals surface area contributed by atoms with Crippen molar-refractivity contribution in [2.45, 2.75) is 59.2 Å². The van der Waals surface area contributed by atoms with Gasteiger partial charge in [-0.25, -0.2) is 14.0 Å². The zero-order valence-electron chi connectivity index (χ0n) is 17.8. The van der Waals surface area contributed by atoms with Crippen LogP contribution in [0.25, 0.3) is 0 Å². The van der Waals surface area contributed by atoms with Crippen LogP contribution in [-0.4, -0.2) is 26.9 Å². The number of halogens is 2. The highest BCUT2D eigenvalue weighted by molar-refractivity contribution is 7.77. The second-order valence-electron chi connectivity index (χ2n) is 7.44. The van der Waals surface area contributed by atoms with E-state index in [-0.39, 0.29) is 11.7 Å². The maximum Gasteiger partial charge on any atom is 0.387 e. The molecule has 0 bridgehead atoms. The highest BCUT2D eigenvalue weighted by Gasteiger charge is 2.20. The molecule has 1 heterocycles. The molecule has 2 rings (SSSR count). The highest BCUT2D eigenvalue weighted by Crippen LogP contribution is 2.34. The number of alkyl halides is 2. The third-order valence-corrected chi connectivity index (χ3v) is 6.27. The van der Waals surface area contributed by atoms with Gasteiger partial charge in [0.25, 0.3) is 0 Å². The Morgan fingerprint density at radius 2 is 2.06 bits per heavy atom. The van der Waals surface area contributed by atoms with E-state index in [2.05, 4.69) is 24.1 Å². The van der Waals surface area contributed by atoms with E-state index < -0.39 is 29.0 Å². The molecular formula is C19H26F2N4O4S2. The number of ether oxygens (including phenoxy) is 1. The lowest BCUT2D eigenvalue weighted by atomic mass is 9.96. The molecule has 3 N–H and O–H groups in total. The minimum atomic E-state index is -2.96. The van der Waals surface area contributed by atoms with Crippen molar-refractivity contribution in [3.63, 3.8) is 0 Å². The first kappa shape index (κ1) is 25.0. The molecule has 1 unspecified atom stereocenters. The summed E-state index contributed by atoms with van der Waals surface area (Å²) in [7, 11) is -2.49. The summed E-state index contributed by atoms with van der Waals surface area (Å²) in [6.45, 7) is 5.69. The molecule has 31 heavy (non-hydrogen) atoms. The van der Waals surface area contributed by atoms with Crippen molar-refractivity contribution in [2.24, 2.45) is 4.36 Å². The number of nitrogens with zero attached hydrogens (tertiary/aromatic N) is 2. The quantitative estimate of drug-likeness (QED) is 0.406. The van der Waals surface area contributed by atoms with Crippen LogP contribution in [-0.2, 0) is 22.8 Å². The van der Waals surface area contributed by atoms with Gasteiger partial charge in [0.05, 0.1) is 6.20 Å². The average molecular weight is 477 g/mol. The molecule has 0 fully saturated rings. The van der Waals surface area contributed by atoms with Crippen LogP contribution in [0.15, 0.2) is 22.7 Å². The van der Waals surface area contributed by atoms with Crippen molar-refractivity contribution in [1.82, 2.24) is 4.98 Å². The van der Waals surface area contributed by atoms with Gasteiger partial charge in [0.15, 0.2) is 0 Å². The molecule has 172 valence electrons. The second-order valence-corrected chi connectivity index (χ2v) is 9.44. The van der Waals surface area contributed by atoms with E-state index in [1.807, 2.05) is 20.8 Å². The predicted molar refractivity (Wildman–Crippen MR) is 119 cm³/mol. The van der Waals surface area contributed by atoms with E-state index >= 15 is 0 Å². The standard InChI is InChI=1S/C19H26F2N4O4S2/c1-6-11-7-12(29-17(20)21)8-13(10(2)3)15(11)23-18(26)25-31(28)24-14-9-22-16(30-14)19(4,5)27/h7-10,17,27,31H,6H2,1-5H3,(H2,23,24,25,26,28). The number of carbonyl (C=O) groups is 1. The Kier molecular flexibility index (Phi) is 8.32. The molecule has 12 heteroatoms. The Hall–Kier alpha value is -2.31. The third-order valence-electron chi connectivity index (χ3n) is 4.10. The fourth-order valence-corrected chi connectivity index (χ4v) is 4.29. The predicted octanol–water partition coefficient (Wildman–Crippen LogP) is 4.88. The lowest BCUT2D eigenvalue weighted by Crippen LogP contribution is -2.14. The zero-order valence-corrected chi connectivity index (χ0v) is 19.5. The number of aryl methyl sites for hydroxylation is 1. The summed E-state index contributed by atoms with van der Waals surface area (Å²) < 4.78 is 48.2. The van der Waals surface area contributed by atoms with Gasteiger partial charge in [-0.1, -0.05) is 32.1 Å². The molecule has 0 spiro atoms. The Labute approximate surface area is 185 Å². The second kappa shape index (κ2) is 10.3. The molecule has 1 aromatic heterocycles. The normalized spacial score (nSPS) is 13.0. The van der Waals surface area contributed by atoms with Crippen LogP contribution in [0.5, 0.6) is 5.75 Å². The summed E-state index contributed by atoms with van der Waals surface area (Å²) in [5.41, 5.74) is 0.470. The number of aliphatic hydroxyl groups is 1. The molecule has 8 nitrogen and oxygen atoms in total. The highest BCUT2D eigenvalue weighted by atomic mass is 32.2. The number of anilines is 2. The molecule has 1 aromatic carbocycles. The van der Waals surface area contributed by atoms with E-state index in [0.29, 0.717) is 33.2 Å². The monoisotopic (exact) mass is 476 g/mol. The number of hydrogen-bond acceptors (Lipinski definition) is 6. The number of thiazole rings is 1. The molecule has 0 aliphatic rings. The minimum Gasteiger partial charge on any atom is -0.435 e. The van der Waals surface area contributed by atoms with Crippen LogP contribution < -0.4 is 14.8 Å². The first-order valence-corrected chi connectivity index (χ1v) is 11.5. The Balaban J connectivity index is 2.23. The lowest BCUT2D eigenvalue weighted by Gasteiger charge is -2.19. The fourth-order valence-electron chi connectivity index (χ4n) is 2.70. The van der Waals surface area contributed by atoms with Crippen LogP contribution in [0.1, 0.15) is 56.7 Å². The Morgan fingerprint density at radius 3 is 2.58 bits per heavy atom. The van der Waals surface area contributed by atoms with Crippen LogP contribution in [0.4, 0.5) is 24.3 Å². The van der Waals surface area contributed by atoms with Crippen molar-refractivity contribution < 1.29 is 27.6 Å². The summed E-state index contributed by atoms with van der Waals surface area (Å²) >= 11 is 1.10. The number of urea groups is 1. The van der Waals surface area contributed by atoms with Crippen molar-refractivity contribution in [3.8, 4) is 5.75 Å². The summed E-state index contributed by atoms with van der Waals surface area (Å²) in [6, 6.07) is 2.03. The topological polar surface area (TPSA) is 113 Å². The number of amides is 2. The van der Waals surface area contributed by atoms with E-state index in [9.17, 15) is 22.9 Å². The zero-order chi connectivity index (χ0) is 23.3. The van der Waals surface area contributed by atoms with E-state index in [1.165, 1.54) is 18.3 Å². The molecular weight excluding hydrogens is 450 g/mol. The Bertz CT molecular complexity index is 1010. The lowest BCUT2D eigenvalue weighted by molar-refractivity contribution is -0.0499. The van der Waals surface area contributed by atoms with Gasteiger partial charge in [-0.3, -0.25) is 4.72 Å². The number of carbonyl (C=O) groups excluding carboxylic acids is 1. The van der Waals surface area contributed by atoms with E-state index in [0.717, 1.165) is 11.3 Å². The average Bonchev–Trinajstić information content (AvgIpc) is 3.10. The summed E-state index contributed by atoms with van der Waals surface area (Å²) in [5.74, 6) is -0.0998. The van der Waals surface area contributed by atoms with Crippen LogP contribution >= 0.6 is 11.3 Å². The SMILES string of the molecule is CCc1cc(OC(F)F)cc(C(C)C)c1NC(=O)/N=[SH](=O)\Nc1cnc(C(C)(C)O)s1. The van der Waals surface area contributed by atoms with Gasteiger partial charge in [-0.15, -0.1) is 4.36 Å². The van der Waals surface area contributed by atoms with E-state index in [4.69, 9.17) is 0 Å². The van der Waals surface area contributed by atoms with Crippen LogP contribution in [0.2, 0.25) is 0 Å². The van der Waals surface area contributed by atoms with Gasteiger partial charge in [0.1, 0.15) is 32.1 Å². The van der Waals surface area contributed by atoms with Crippen molar-refractivity contribution in [3.05, 3.63) is 34.5 Å². The summed E-state index contributed by atoms with van der Waals surface area (Å²) in [5, 5.41) is 13.4. The molecule has 2 aromatic rings. The first-order valence-electron chi connectivity index (χ1n) is 9.47. The number of rotatable bonds is 8. The third kappa shape index (κ3) is 7.11. The van der Waals surface area contributed by atoms with Crippen LogP contribution in [0, 0.1) is 0 Å². The molecule has 2 amide bonds. The number of thiol groups is 1. The number of hydrogen-bond donors (Lipinski definition) is 4. The van der Waals surface area contributed by atoms with Crippen molar-refractivity contribution >= 4 is 38.8 Å². The van der Waals surface area contributed by atoms with Gasteiger partial charge in [-0.05, 0) is 49.4 Å². The largest absolute Gasteiger partial charge is 0.435 e. The summed E-state index contributed by atoms with van der Waals surface area (Å²) in [6.07, 6.45) is 1.84. The fraction of sp³-hybridized carbons (Fsp3) is 0.474. The summed E-state index contributed by atoms with van der Waals surface area (Å²) in [4.78, 5) is 16.4. The minimum absolute atomic E-state index is 0.00559. The van der Waals surface area contributed by atoms with Gasteiger partial charge in [0.2, 0.25) is 0 Å². The number of nitrogens with one attached hydrogen (secondary N) is 2. The van der Waals surface area contributed by atoms with Gasteiger partial charge >= 0.3 is 12.6 Å². The van der Waals surface area contributed by atoms with Gasteiger partial charge in [-0.2, -0.15) is 8.78 Å². The van der Waals surface area contributed by atoms with Crippen molar-refractivity contribution in [1.29, 1.82) is 0 Å². The van der Waals surface area contributed by atoms with Gasteiger partial charge < -0.3 is 15.2 Å². The number of benzene rings is 1. The van der Waals surface area contributed by atoms with Crippen molar-refractivity contribution in [2.75, 3.05) is 10.0 Å². The maximum absolute atomic E-state index is 12.6. The Morgan fingerprint density at radius 1 is 1.39 bits per heavy atom. The molecule has 0 radical (unpaired) electrons. The molecule has 1 atom stereocenters. The van der Waals surface area contributed by atoms with Gasteiger partial charge in [0, 0.05) is 5.69 Å². The maximum atomic E-state index is 12.6. The van der Waals surface area contributed by atoms with Crippen LogP contribution in [0.3, 0.4) is 0 Å². The smallest absolute Gasteiger partial charge is 0.387 e. The van der Waals surface area contributed by atoms with E-state index in [1.54, 1.807) is 13.8 Å².